The average molecular weight is 464 g/mol. The quantitative estimate of drug-likeness (QED) is 0.387. The summed E-state index contributed by atoms with van der Waals surface area (Å²) in [6.07, 6.45) is 0.0393. The van der Waals surface area contributed by atoms with Gasteiger partial charge in [-0.15, -0.1) is 10.8 Å². The molecule has 2 aromatic rings. The Morgan fingerprint density at radius 3 is 2.53 bits per heavy atom. The number of aliphatic hydroxyl groups is 1. The van der Waals surface area contributed by atoms with Crippen LogP contribution in [0.3, 0.4) is 0 Å². The van der Waals surface area contributed by atoms with Crippen molar-refractivity contribution in [3.05, 3.63) is 59.7 Å². The number of nitrogens with one attached hydrogen (secondary N) is 1. The molecule has 3 rings (SSSR count). The molecule has 0 spiro atoms. The summed E-state index contributed by atoms with van der Waals surface area (Å²) in [5.41, 5.74) is 7.47. The highest BCUT2D eigenvalue weighted by Gasteiger charge is 2.30. The van der Waals surface area contributed by atoms with Crippen LogP contribution in [0.2, 0.25) is 0 Å². The van der Waals surface area contributed by atoms with Crippen LogP contribution >= 0.6 is 10.8 Å². The largest absolute Gasteiger partial charge is 0.491 e. The lowest BCUT2D eigenvalue weighted by Crippen LogP contribution is -2.47. The SMILES string of the molecule is CC(C)Oc1cc(C(=O)N[C@@H](Cc2ccccc2)[C@@H](O)CN)cc(N2CCCS2(O)O)c1. The number of aliphatic hydroxyl groups excluding tert-OH is 1. The molecule has 0 aliphatic carbocycles. The summed E-state index contributed by atoms with van der Waals surface area (Å²) in [5, 5.41) is 13.3. The molecule has 1 aliphatic heterocycles. The standard InChI is InChI=1S/C23H33N3O5S/c1-16(2)31-20-13-18(12-19(14-20)26-9-6-10-32(26,29)30)23(28)25-21(22(27)15-24)11-17-7-4-3-5-8-17/h3-5,7-8,12-14,16,21-22,27,29-30H,6,9-11,15,24H2,1-2H3,(H,25,28)/t21-,22-/m0/s1. The van der Waals surface area contributed by atoms with Crippen molar-refractivity contribution in [3.63, 3.8) is 0 Å². The van der Waals surface area contributed by atoms with Gasteiger partial charge in [0, 0.05) is 24.7 Å². The third kappa shape index (κ3) is 6.14. The summed E-state index contributed by atoms with van der Waals surface area (Å²) in [5.74, 6) is 0.360. The summed E-state index contributed by atoms with van der Waals surface area (Å²) in [6, 6.07) is 13.9. The molecule has 176 valence electrons. The van der Waals surface area contributed by atoms with E-state index in [9.17, 15) is 19.0 Å². The Morgan fingerprint density at radius 1 is 1.22 bits per heavy atom. The number of nitrogens with two attached hydrogens (primary N) is 1. The predicted molar refractivity (Wildman–Crippen MR) is 128 cm³/mol. The molecule has 1 heterocycles. The molecule has 2 aromatic carbocycles. The van der Waals surface area contributed by atoms with Gasteiger partial charge in [-0.25, -0.2) is 0 Å². The minimum atomic E-state index is -2.92. The molecule has 0 saturated carbocycles. The van der Waals surface area contributed by atoms with Crippen molar-refractivity contribution < 1.29 is 23.7 Å². The van der Waals surface area contributed by atoms with Crippen molar-refractivity contribution in [2.75, 3.05) is 23.1 Å². The number of hydrogen-bond donors (Lipinski definition) is 5. The van der Waals surface area contributed by atoms with Gasteiger partial charge in [0.25, 0.3) is 5.91 Å². The zero-order valence-corrected chi connectivity index (χ0v) is 19.3. The van der Waals surface area contributed by atoms with E-state index in [1.165, 1.54) is 4.31 Å². The van der Waals surface area contributed by atoms with Crippen LogP contribution in [-0.4, -0.2) is 57.2 Å². The molecule has 1 aliphatic rings. The van der Waals surface area contributed by atoms with E-state index in [1.807, 2.05) is 44.2 Å². The van der Waals surface area contributed by atoms with Crippen LogP contribution in [0.4, 0.5) is 5.69 Å². The van der Waals surface area contributed by atoms with Gasteiger partial charge in [0.1, 0.15) is 5.75 Å². The fraction of sp³-hybridized carbons (Fsp3) is 0.435. The van der Waals surface area contributed by atoms with Gasteiger partial charge < -0.3 is 20.9 Å². The van der Waals surface area contributed by atoms with Crippen LogP contribution in [0.25, 0.3) is 0 Å². The number of carbonyl (C=O) groups excluding carboxylic acids is 1. The number of nitrogens with zero attached hydrogens (tertiary/aromatic N) is 1. The van der Waals surface area contributed by atoms with Gasteiger partial charge in [-0.1, -0.05) is 30.3 Å². The third-order valence-electron chi connectivity index (χ3n) is 5.27. The Bertz CT molecular complexity index is 910. The molecule has 9 heteroatoms. The summed E-state index contributed by atoms with van der Waals surface area (Å²) >= 11 is 0. The lowest BCUT2D eigenvalue weighted by molar-refractivity contribution is 0.0845. The van der Waals surface area contributed by atoms with E-state index in [2.05, 4.69) is 5.32 Å². The van der Waals surface area contributed by atoms with Crippen LogP contribution in [-0.2, 0) is 6.42 Å². The van der Waals surface area contributed by atoms with E-state index in [0.717, 1.165) is 5.56 Å². The fourth-order valence-electron chi connectivity index (χ4n) is 3.72. The van der Waals surface area contributed by atoms with Crippen LogP contribution in [0, 0.1) is 0 Å². The highest BCUT2D eigenvalue weighted by molar-refractivity contribution is 8.25. The monoisotopic (exact) mass is 463 g/mol. The second kappa shape index (κ2) is 10.5. The first-order valence-electron chi connectivity index (χ1n) is 10.8. The van der Waals surface area contributed by atoms with Gasteiger partial charge in [0.05, 0.1) is 29.7 Å². The number of benzene rings is 2. The molecule has 1 fully saturated rings. The highest BCUT2D eigenvalue weighted by atomic mass is 32.3. The summed E-state index contributed by atoms with van der Waals surface area (Å²) in [6.45, 7) is 4.25. The number of carbonyl (C=O) groups is 1. The molecule has 6 N–H and O–H groups in total. The molecule has 0 aromatic heterocycles. The third-order valence-corrected chi connectivity index (χ3v) is 7.20. The van der Waals surface area contributed by atoms with E-state index < -0.39 is 28.8 Å². The molecule has 1 amide bonds. The number of rotatable bonds is 9. The molecular weight excluding hydrogens is 430 g/mol. The molecular formula is C23H33N3O5S. The molecule has 0 bridgehead atoms. The van der Waals surface area contributed by atoms with E-state index in [0.29, 0.717) is 42.1 Å². The second-order valence-electron chi connectivity index (χ2n) is 8.25. The lowest BCUT2D eigenvalue weighted by atomic mass is 10.0. The van der Waals surface area contributed by atoms with Crippen molar-refractivity contribution in [2.45, 2.75) is 44.9 Å². The van der Waals surface area contributed by atoms with Gasteiger partial charge in [0.2, 0.25) is 0 Å². The Hall–Kier alpha value is -2.30. The van der Waals surface area contributed by atoms with E-state index in [-0.39, 0.29) is 12.6 Å². The van der Waals surface area contributed by atoms with Crippen molar-refractivity contribution in [2.24, 2.45) is 5.73 Å². The zero-order chi connectivity index (χ0) is 23.3. The van der Waals surface area contributed by atoms with Crippen molar-refractivity contribution in [1.29, 1.82) is 0 Å². The molecule has 32 heavy (non-hydrogen) atoms. The van der Waals surface area contributed by atoms with Crippen LogP contribution in [0.1, 0.15) is 36.2 Å². The Balaban J connectivity index is 1.88. The predicted octanol–water partition coefficient (Wildman–Crippen LogP) is 3.01. The number of hydrogen-bond acceptors (Lipinski definition) is 7. The van der Waals surface area contributed by atoms with Crippen LogP contribution < -0.4 is 20.1 Å². The lowest BCUT2D eigenvalue weighted by Gasteiger charge is -2.38. The summed E-state index contributed by atoms with van der Waals surface area (Å²) < 4.78 is 28.1. The minimum Gasteiger partial charge on any atom is -0.491 e. The van der Waals surface area contributed by atoms with E-state index in [1.54, 1.807) is 18.2 Å². The molecule has 1 saturated heterocycles. The smallest absolute Gasteiger partial charge is 0.251 e. The van der Waals surface area contributed by atoms with Gasteiger partial charge in [0.15, 0.2) is 0 Å². The van der Waals surface area contributed by atoms with Gasteiger partial charge >= 0.3 is 0 Å². The first-order chi connectivity index (χ1) is 15.2. The van der Waals surface area contributed by atoms with E-state index in [4.69, 9.17) is 10.5 Å². The molecule has 2 atom stereocenters. The second-order valence-corrected chi connectivity index (χ2v) is 10.4. The Morgan fingerprint density at radius 2 is 1.94 bits per heavy atom. The van der Waals surface area contributed by atoms with Gasteiger partial charge in [-0.05, 0) is 44.4 Å². The Labute approximate surface area is 190 Å². The topological polar surface area (TPSA) is 128 Å². The normalized spacial score (nSPS) is 18.3. The first kappa shape index (κ1) is 24.3. The maximum Gasteiger partial charge on any atom is 0.251 e. The number of amides is 1. The van der Waals surface area contributed by atoms with Crippen molar-refractivity contribution in [1.82, 2.24) is 5.32 Å². The van der Waals surface area contributed by atoms with Crippen molar-refractivity contribution >= 4 is 22.4 Å². The highest BCUT2D eigenvalue weighted by Crippen LogP contribution is 2.51. The van der Waals surface area contributed by atoms with Crippen LogP contribution in [0.5, 0.6) is 5.75 Å². The Kier molecular flexibility index (Phi) is 8.02. The minimum absolute atomic E-state index is 0.00815. The fourth-order valence-corrected chi connectivity index (χ4v) is 5.32. The maximum atomic E-state index is 13.2. The zero-order valence-electron chi connectivity index (χ0n) is 18.5. The maximum absolute atomic E-state index is 13.2. The van der Waals surface area contributed by atoms with Crippen molar-refractivity contribution in [3.8, 4) is 5.75 Å². The van der Waals surface area contributed by atoms with Gasteiger partial charge in [-0.2, -0.15) is 0 Å². The first-order valence-corrected chi connectivity index (χ1v) is 12.4. The van der Waals surface area contributed by atoms with Crippen LogP contribution in [0.15, 0.2) is 48.5 Å². The summed E-state index contributed by atoms with van der Waals surface area (Å²) in [4.78, 5) is 13.2. The average Bonchev–Trinajstić information content (AvgIpc) is 3.11. The number of anilines is 1. The molecule has 0 radical (unpaired) electrons. The van der Waals surface area contributed by atoms with E-state index >= 15 is 0 Å². The molecule has 8 nitrogen and oxygen atoms in total. The molecule has 0 unspecified atom stereocenters. The number of ether oxygens (including phenoxy) is 1. The van der Waals surface area contributed by atoms with Gasteiger partial charge in [-0.3, -0.25) is 18.2 Å². The summed E-state index contributed by atoms with van der Waals surface area (Å²) in [7, 11) is -2.92.